The van der Waals surface area contributed by atoms with Crippen molar-refractivity contribution in [2.24, 2.45) is 0 Å². The summed E-state index contributed by atoms with van der Waals surface area (Å²) in [4.78, 5) is 36.7. The molecule has 7 N–H and O–H groups in total. The Hall–Kier alpha value is -4.55. The first-order valence-corrected chi connectivity index (χ1v) is 10.8. The van der Waals surface area contributed by atoms with Gasteiger partial charge in [-0.05, 0) is 47.5 Å². The van der Waals surface area contributed by atoms with Crippen molar-refractivity contribution in [3.63, 3.8) is 0 Å². The van der Waals surface area contributed by atoms with Crippen molar-refractivity contribution in [2.45, 2.75) is 36.8 Å². The summed E-state index contributed by atoms with van der Waals surface area (Å²) >= 11 is 0. The van der Waals surface area contributed by atoms with Crippen LogP contribution in [0.4, 0.5) is 0 Å². The molecule has 2 aromatic carbocycles. The molecule has 37 heavy (non-hydrogen) atoms. The van der Waals surface area contributed by atoms with E-state index in [1.807, 2.05) is 0 Å². The number of phenolic OH excluding ortho intramolecular Hbond substituents is 4. The van der Waals surface area contributed by atoms with Crippen molar-refractivity contribution in [1.29, 1.82) is 0 Å². The maximum Gasteiger partial charge on any atom is 0.348 e. The van der Waals surface area contributed by atoms with Crippen molar-refractivity contribution >= 4 is 30.1 Å². The number of aliphatic hydroxyl groups excluding tert-OH is 2. The predicted molar refractivity (Wildman–Crippen MR) is 125 cm³/mol. The van der Waals surface area contributed by atoms with E-state index in [9.17, 15) is 50.1 Å². The smallest absolute Gasteiger partial charge is 0.348 e. The molecule has 1 saturated carbocycles. The third-order valence-electron chi connectivity index (χ3n) is 5.62. The van der Waals surface area contributed by atoms with Gasteiger partial charge in [-0.15, -0.1) is 0 Å². The van der Waals surface area contributed by atoms with Crippen molar-refractivity contribution in [1.82, 2.24) is 0 Å². The number of hydrogen-bond acceptors (Lipinski definition) is 11. The summed E-state index contributed by atoms with van der Waals surface area (Å²) in [7, 11) is 0. The summed E-state index contributed by atoms with van der Waals surface area (Å²) in [6.07, 6.45) is -2.09. The summed E-state index contributed by atoms with van der Waals surface area (Å²) in [5, 5.41) is 68.0. The normalized spacial score (nSPS) is 23.7. The van der Waals surface area contributed by atoms with Crippen LogP contribution in [0.25, 0.3) is 12.2 Å². The van der Waals surface area contributed by atoms with Crippen LogP contribution in [-0.2, 0) is 23.9 Å². The number of rotatable bonds is 7. The highest BCUT2D eigenvalue weighted by atomic mass is 16.6. The highest BCUT2D eigenvalue weighted by molar-refractivity contribution is 5.91. The monoisotopic (exact) mass is 516 g/mol. The third-order valence-corrected chi connectivity index (χ3v) is 5.62. The maximum atomic E-state index is 12.4. The van der Waals surface area contributed by atoms with Gasteiger partial charge in [-0.25, -0.2) is 14.4 Å². The van der Waals surface area contributed by atoms with Gasteiger partial charge in [-0.1, -0.05) is 12.1 Å². The number of phenols is 4. The molecule has 0 radical (unpaired) electrons. The first kappa shape index (κ1) is 27.0. The lowest BCUT2D eigenvalue weighted by Crippen LogP contribution is -2.58. The van der Waals surface area contributed by atoms with Gasteiger partial charge in [-0.3, -0.25) is 0 Å². The van der Waals surface area contributed by atoms with Crippen molar-refractivity contribution in [2.75, 3.05) is 0 Å². The van der Waals surface area contributed by atoms with Crippen LogP contribution in [0.1, 0.15) is 24.0 Å². The first-order chi connectivity index (χ1) is 17.4. The van der Waals surface area contributed by atoms with Gasteiger partial charge < -0.3 is 45.2 Å². The minimum atomic E-state index is -2.34. The lowest BCUT2D eigenvalue weighted by atomic mass is 9.79. The van der Waals surface area contributed by atoms with Gasteiger partial charge in [0.05, 0.1) is 6.10 Å². The molecule has 12 nitrogen and oxygen atoms in total. The van der Waals surface area contributed by atoms with Crippen LogP contribution in [0.2, 0.25) is 0 Å². The number of esters is 2. The molecule has 196 valence electrons. The Balaban J connectivity index is 1.73. The Morgan fingerprint density at radius 2 is 1.30 bits per heavy atom. The van der Waals surface area contributed by atoms with Gasteiger partial charge in [0.2, 0.25) is 5.60 Å². The van der Waals surface area contributed by atoms with E-state index < -0.39 is 66.2 Å². The van der Waals surface area contributed by atoms with Crippen LogP contribution in [0.5, 0.6) is 23.0 Å². The molecule has 12 heteroatoms. The number of aromatic hydroxyl groups is 4. The third kappa shape index (κ3) is 6.57. The van der Waals surface area contributed by atoms with Crippen molar-refractivity contribution in [3.8, 4) is 23.0 Å². The molecular formula is C25H24O12. The van der Waals surface area contributed by atoms with E-state index in [0.29, 0.717) is 5.56 Å². The minimum Gasteiger partial charge on any atom is -0.504 e. The quantitative estimate of drug-likeness (QED) is 0.156. The fourth-order valence-corrected chi connectivity index (χ4v) is 3.68. The molecule has 0 aliphatic heterocycles. The Kier molecular flexibility index (Phi) is 8.05. The SMILES string of the molecule is O=C(/C=C\c1ccc(O)c(O)c1)O[C@@H]1C[C@](OC(=O)/C=C/c2ccc(O)c(O)c2)(C(=O)O)C[C@H](O)[C@@H]1O. The predicted octanol–water partition coefficient (Wildman–Crippen LogP) is 1.03. The van der Waals surface area contributed by atoms with Crippen LogP contribution in [-0.4, -0.2) is 77.6 Å². The Bertz CT molecular complexity index is 1250. The summed E-state index contributed by atoms with van der Waals surface area (Å²) in [5.41, 5.74) is -1.73. The van der Waals surface area contributed by atoms with Gasteiger partial charge >= 0.3 is 17.9 Å². The number of aliphatic hydroxyl groups is 2. The Morgan fingerprint density at radius 3 is 1.78 bits per heavy atom. The van der Waals surface area contributed by atoms with E-state index in [4.69, 9.17) is 9.47 Å². The Labute approximate surface area is 209 Å². The first-order valence-electron chi connectivity index (χ1n) is 10.8. The fraction of sp³-hybridized carbons (Fsp3) is 0.240. The van der Waals surface area contributed by atoms with E-state index in [2.05, 4.69) is 0 Å². The maximum absolute atomic E-state index is 12.4. The zero-order valence-electron chi connectivity index (χ0n) is 19.1. The molecule has 4 atom stereocenters. The second-order valence-corrected chi connectivity index (χ2v) is 8.33. The van der Waals surface area contributed by atoms with Crippen LogP contribution in [0.15, 0.2) is 48.6 Å². The number of carbonyl (C=O) groups is 3. The highest BCUT2D eigenvalue weighted by Gasteiger charge is 2.54. The van der Waals surface area contributed by atoms with Gasteiger partial charge in [0.15, 0.2) is 23.0 Å². The lowest BCUT2D eigenvalue weighted by molar-refractivity contribution is -0.207. The van der Waals surface area contributed by atoms with Gasteiger partial charge in [0.25, 0.3) is 0 Å². The summed E-state index contributed by atoms with van der Waals surface area (Å²) in [6, 6.07) is 7.44. The van der Waals surface area contributed by atoms with Gasteiger partial charge in [0, 0.05) is 25.0 Å². The fourth-order valence-electron chi connectivity index (χ4n) is 3.68. The molecule has 2 aromatic rings. The van der Waals surface area contributed by atoms with E-state index >= 15 is 0 Å². The molecule has 0 unspecified atom stereocenters. The number of ether oxygens (including phenoxy) is 2. The second-order valence-electron chi connectivity index (χ2n) is 8.33. The number of carbonyl (C=O) groups excluding carboxylic acids is 2. The van der Waals surface area contributed by atoms with E-state index in [1.165, 1.54) is 42.5 Å². The van der Waals surface area contributed by atoms with E-state index in [-0.39, 0.29) is 17.1 Å². The van der Waals surface area contributed by atoms with Crippen LogP contribution in [0, 0.1) is 0 Å². The molecular weight excluding hydrogens is 492 g/mol. The molecule has 1 aliphatic rings. The lowest BCUT2D eigenvalue weighted by Gasteiger charge is -2.41. The molecule has 0 bridgehead atoms. The standard InChI is InChI=1S/C25H24O12/c26-15-5-1-13(9-17(15)28)3-7-21(31)36-20-12-25(24(34)35,11-19(30)23(20)33)37-22(32)8-4-14-2-6-16(27)18(29)10-14/h1-10,19-20,23,26-30,33H,11-12H2,(H,34,35)/b7-3-,8-4+/t19-,20+,23-,25-/m0/s1. The molecule has 0 aromatic heterocycles. The van der Waals surface area contributed by atoms with E-state index in [0.717, 1.165) is 18.2 Å². The highest BCUT2D eigenvalue weighted by Crippen LogP contribution is 2.35. The molecule has 0 spiro atoms. The molecule has 3 rings (SSSR count). The average molecular weight is 516 g/mol. The van der Waals surface area contributed by atoms with Crippen LogP contribution < -0.4 is 0 Å². The summed E-state index contributed by atoms with van der Waals surface area (Å²) in [6.45, 7) is 0. The minimum absolute atomic E-state index is 0.288. The molecule has 0 heterocycles. The average Bonchev–Trinajstić information content (AvgIpc) is 2.83. The number of carboxylic acids is 1. The zero-order valence-corrected chi connectivity index (χ0v) is 19.1. The zero-order chi connectivity index (χ0) is 27.3. The number of carboxylic acid groups (broad SMARTS) is 1. The topological polar surface area (TPSA) is 211 Å². The van der Waals surface area contributed by atoms with Crippen LogP contribution >= 0.6 is 0 Å². The van der Waals surface area contributed by atoms with Crippen molar-refractivity contribution < 1.29 is 59.6 Å². The summed E-state index contributed by atoms with van der Waals surface area (Å²) < 4.78 is 10.2. The molecule has 0 amide bonds. The second kappa shape index (κ2) is 11.0. The molecule has 0 saturated heterocycles. The number of aliphatic carboxylic acids is 1. The van der Waals surface area contributed by atoms with Crippen molar-refractivity contribution in [3.05, 3.63) is 59.7 Å². The number of benzene rings is 2. The Morgan fingerprint density at radius 1 is 0.784 bits per heavy atom. The largest absolute Gasteiger partial charge is 0.504 e. The molecule has 1 fully saturated rings. The van der Waals surface area contributed by atoms with Crippen LogP contribution in [0.3, 0.4) is 0 Å². The number of hydrogen-bond donors (Lipinski definition) is 7. The van der Waals surface area contributed by atoms with E-state index in [1.54, 1.807) is 0 Å². The summed E-state index contributed by atoms with van der Waals surface area (Å²) in [5.74, 6) is -5.41. The molecule has 1 aliphatic carbocycles. The van der Waals surface area contributed by atoms with Gasteiger partial charge in [0.1, 0.15) is 12.2 Å². The van der Waals surface area contributed by atoms with Gasteiger partial charge in [-0.2, -0.15) is 0 Å².